The summed E-state index contributed by atoms with van der Waals surface area (Å²) < 4.78 is 22.4. The quantitative estimate of drug-likeness (QED) is 0.256. The largest absolute Gasteiger partial charge is 0.507 e. The molecule has 1 N–H and O–H groups in total. The van der Waals surface area contributed by atoms with Gasteiger partial charge in [0.2, 0.25) is 0 Å². The second kappa shape index (κ2) is 12.1. The van der Waals surface area contributed by atoms with Crippen molar-refractivity contribution in [3.8, 4) is 17.2 Å². The lowest BCUT2D eigenvalue weighted by Crippen LogP contribution is -2.32. The maximum absolute atomic E-state index is 13.3. The molecule has 200 valence electrons. The van der Waals surface area contributed by atoms with E-state index < -0.39 is 17.7 Å². The monoisotopic (exact) mass is 511 g/mol. The summed E-state index contributed by atoms with van der Waals surface area (Å²) in [5.41, 5.74) is 1.95. The minimum atomic E-state index is -0.827. The lowest BCUT2D eigenvalue weighted by atomic mass is 9.93. The number of aliphatic hydroxyl groups excluding tert-OH is 1. The van der Waals surface area contributed by atoms with Crippen LogP contribution in [0.1, 0.15) is 63.3 Å². The summed E-state index contributed by atoms with van der Waals surface area (Å²) in [6.07, 6.45) is -0.0670. The summed E-state index contributed by atoms with van der Waals surface area (Å²) >= 11 is 0. The molecule has 8 heteroatoms. The van der Waals surface area contributed by atoms with Crippen molar-refractivity contribution >= 4 is 17.4 Å². The lowest BCUT2D eigenvalue weighted by Gasteiger charge is -2.26. The van der Waals surface area contributed by atoms with E-state index in [0.717, 1.165) is 5.56 Å². The van der Waals surface area contributed by atoms with E-state index in [9.17, 15) is 14.7 Å². The molecule has 2 aromatic rings. The van der Waals surface area contributed by atoms with E-state index in [1.165, 1.54) is 12.0 Å². The van der Waals surface area contributed by atoms with Crippen molar-refractivity contribution in [2.75, 3.05) is 34.0 Å². The minimum absolute atomic E-state index is 0.0148. The van der Waals surface area contributed by atoms with E-state index in [1.807, 2.05) is 34.6 Å². The Bertz CT molecular complexity index is 1170. The Balaban J connectivity index is 2.21. The van der Waals surface area contributed by atoms with Crippen molar-refractivity contribution < 1.29 is 33.6 Å². The number of likely N-dealkylation sites (tertiary alicyclic amines) is 1. The number of aliphatic hydroxyl groups is 1. The van der Waals surface area contributed by atoms with Gasteiger partial charge in [-0.2, -0.15) is 0 Å². The van der Waals surface area contributed by atoms with Crippen LogP contribution in [-0.2, 0) is 14.3 Å². The van der Waals surface area contributed by atoms with Crippen LogP contribution in [0.15, 0.2) is 42.0 Å². The number of nitrogens with zero attached hydrogens (tertiary/aromatic N) is 1. The van der Waals surface area contributed by atoms with Gasteiger partial charge in [0.05, 0.1) is 38.0 Å². The average Bonchev–Trinajstić information content (AvgIpc) is 3.12. The highest BCUT2D eigenvalue weighted by Gasteiger charge is 2.46. The van der Waals surface area contributed by atoms with Gasteiger partial charge in [-0.05, 0) is 68.1 Å². The number of methoxy groups -OCH3 is 2. The first kappa shape index (κ1) is 28.1. The number of rotatable bonds is 11. The van der Waals surface area contributed by atoms with Crippen LogP contribution < -0.4 is 14.2 Å². The Morgan fingerprint density at radius 3 is 2.30 bits per heavy atom. The van der Waals surface area contributed by atoms with Crippen molar-refractivity contribution in [2.45, 2.75) is 52.7 Å². The van der Waals surface area contributed by atoms with E-state index in [2.05, 4.69) is 0 Å². The van der Waals surface area contributed by atoms with Crippen molar-refractivity contribution in [3.05, 3.63) is 58.7 Å². The molecule has 0 spiro atoms. The summed E-state index contributed by atoms with van der Waals surface area (Å²) in [6, 6.07) is 9.73. The van der Waals surface area contributed by atoms with Gasteiger partial charge in [0.25, 0.3) is 11.7 Å². The second-order valence-corrected chi connectivity index (χ2v) is 9.40. The first-order chi connectivity index (χ1) is 17.6. The summed E-state index contributed by atoms with van der Waals surface area (Å²) in [6.45, 7) is 10.6. The molecule has 0 aromatic heterocycles. The average molecular weight is 512 g/mol. The van der Waals surface area contributed by atoms with Gasteiger partial charge < -0.3 is 29.0 Å². The summed E-state index contributed by atoms with van der Waals surface area (Å²) in [5.74, 6) is 0.176. The van der Waals surface area contributed by atoms with Gasteiger partial charge in [0.1, 0.15) is 11.5 Å². The first-order valence-electron chi connectivity index (χ1n) is 12.5. The Morgan fingerprint density at radius 2 is 1.70 bits per heavy atom. The van der Waals surface area contributed by atoms with Crippen LogP contribution in [0.3, 0.4) is 0 Å². The molecule has 1 aliphatic heterocycles. The van der Waals surface area contributed by atoms with Gasteiger partial charge in [-0.25, -0.2) is 0 Å². The minimum Gasteiger partial charge on any atom is -0.507 e. The zero-order valence-electron chi connectivity index (χ0n) is 22.7. The van der Waals surface area contributed by atoms with Crippen LogP contribution in [0, 0.1) is 0 Å². The van der Waals surface area contributed by atoms with Crippen LogP contribution in [0.25, 0.3) is 5.76 Å². The van der Waals surface area contributed by atoms with Gasteiger partial charge >= 0.3 is 0 Å². The molecular weight excluding hydrogens is 474 g/mol. The molecule has 1 aliphatic rings. The number of benzene rings is 2. The predicted molar refractivity (Wildman–Crippen MR) is 141 cm³/mol. The lowest BCUT2D eigenvalue weighted by molar-refractivity contribution is -0.140. The fourth-order valence-corrected chi connectivity index (χ4v) is 4.45. The van der Waals surface area contributed by atoms with E-state index >= 15 is 0 Å². The highest BCUT2D eigenvalue weighted by molar-refractivity contribution is 6.46. The van der Waals surface area contributed by atoms with Crippen LogP contribution in [0.4, 0.5) is 0 Å². The molecule has 1 amide bonds. The molecule has 0 saturated carbocycles. The number of ether oxygens (including phenoxy) is 4. The molecule has 1 fully saturated rings. The molecule has 1 heterocycles. The zero-order chi connectivity index (χ0) is 27.3. The van der Waals surface area contributed by atoms with E-state index in [0.29, 0.717) is 35.0 Å². The SMILES string of the molecule is CCOc1cc(C2/C(=C(\O)c3ccc(OC)c(C(C)C)c3)C(=O)C(=O)N2CCOC)ccc1OC(C)C. The topological polar surface area (TPSA) is 94.5 Å². The maximum Gasteiger partial charge on any atom is 0.295 e. The fraction of sp³-hybridized carbons (Fsp3) is 0.448. The molecule has 1 saturated heterocycles. The number of hydrogen-bond donors (Lipinski definition) is 1. The van der Waals surface area contributed by atoms with E-state index in [-0.39, 0.29) is 36.5 Å². The Hall–Kier alpha value is -3.52. The normalized spacial score (nSPS) is 17.1. The summed E-state index contributed by atoms with van der Waals surface area (Å²) in [5, 5.41) is 11.5. The van der Waals surface area contributed by atoms with Crippen LogP contribution in [-0.4, -0.2) is 61.8 Å². The number of amides is 1. The molecule has 8 nitrogen and oxygen atoms in total. The summed E-state index contributed by atoms with van der Waals surface area (Å²) in [4.78, 5) is 27.9. The van der Waals surface area contributed by atoms with E-state index in [4.69, 9.17) is 18.9 Å². The molecule has 0 bridgehead atoms. The van der Waals surface area contributed by atoms with Crippen LogP contribution in [0.5, 0.6) is 17.2 Å². The standard InChI is InChI=1S/C29H37NO7/c1-8-36-24-16-19(9-12-23(24)37-18(4)5)26-25(28(32)29(33)30(26)13-14-34-6)27(31)20-10-11-22(35-7)21(15-20)17(2)3/h9-12,15-18,26,31H,8,13-14H2,1-7H3/b27-25+. The van der Waals surface area contributed by atoms with Crippen molar-refractivity contribution in [1.82, 2.24) is 4.90 Å². The van der Waals surface area contributed by atoms with Crippen LogP contribution >= 0.6 is 0 Å². The number of hydrogen-bond acceptors (Lipinski definition) is 7. The van der Waals surface area contributed by atoms with Gasteiger partial charge in [-0.1, -0.05) is 19.9 Å². The third kappa shape index (κ3) is 5.91. The van der Waals surface area contributed by atoms with Crippen molar-refractivity contribution in [2.24, 2.45) is 0 Å². The molecule has 1 atom stereocenters. The third-order valence-corrected chi connectivity index (χ3v) is 6.15. The van der Waals surface area contributed by atoms with Crippen LogP contribution in [0.2, 0.25) is 0 Å². The Kier molecular flexibility index (Phi) is 9.21. The highest BCUT2D eigenvalue weighted by Crippen LogP contribution is 2.42. The predicted octanol–water partition coefficient (Wildman–Crippen LogP) is 5.07. The zero-order valence-corrected chi connectivity index (χ0v) is 22.7. The second-order valence-electron chi connectivity index (χ2n) is 9.40. The highest BCUT2D eigenvalue weighted by atomic mass is 16.5. The number of carbonyl (C=O) groups is 2. The number of carbonyl (C=O) groups excluding carboxylic acids is 2. The Labute approximate surface area is 218 Å². The Morgan fingerprint density at radius 1 is 1.00 bits per heavy atom. The molecule has 1 unspecified atom stereocenters. The molecular formula is C29H37NO7. The smallest absolute Gasteiger partial charge is 0.295 e. The molecule has 3 rings (SSSR count). The molecule has 0 aliphatic carbocycles. The number of ketones is 1. The van der Waals surface area contributed by atoms with Gasteiger partial charge in [0, 0.05) is 19.2 Å². The molecule has 37 heavy (non-hydrogen) atoms. The van der Waals surface area contributed by atoms with E-state index in [1.54, 1.807) is 43.5 Å². The number of Topliss-reactive ketones (excluding diaryl/α,β-unsaturated/α-hetero) is 1. The van der Waals surface area contributed by atoms with Crippen molar-refractivity contribution in [3.63, 3.8) is 0 Å². The fourth-order valence-electron chi connectivity index (χ4n) is 4.45. The van der Waals surface area contributed by atoms with Crippen molar-refractivity contribution in [1.29, 1.82) is 0 Å². The van der Waals surface area contributed by atoms with Gasteiger partial charge in [0.15, 0.2) is 11.5 Å². The third-order valence-electron chi connectivity index (χ3n) is 6.15. The van der Waals surface area contributed by atoms with Gasteiger partial charge in [-0.15, -0.1) is 0 Å². The molecule has 0 radical (unpaired) electrons. The summed E-state index contributed by atoms with van der Waals surface area (Å²) in [7, 11) is 3.12. The molecule has 2 aromatic carbocycles. The van der Waals surface area contributed by atoms with Gasteiger partial charge in [-0.3, -0.25) is 9.59 Å². The first-order valence-corrected chi connectivity index (χ1v) is 12.5. The maximum atomic E-state index is 13.3.